The van der Waals surface area contributed by atoms with Crippen LogP contribution in [0.25, 0.3) is 10.2 Å². The minimum atomic E-state index is -0.261. The van der Waals surface area contributed by atoms with Crippen molar-refractivity contribution >= 4 is 39.0 Å². The molecule has 1 amide bonds. The lowest BCUT2D eigenvalue weighted by Crippen LogP contribution is -2.39. The van der Waals surface area contributed by atoms with E-state index in [0.717, 1.165) is 66.1 Å². The van der Waals surface area contributed by atoms with Crippen molar-refractivity contribution in [2.24, 2.45) is 5.92 Å². The lowest BCUT2D eigenvalue weighted by atomic mass is 9.91. The van der Waals surface area contributed by atoms with Gasteiger partial charge in [-0.3, -0.25) is 4.79 Å². The largest absolute Gasteiger partial charge is 0.397 e. The molecule has 3 atom stereocenters. The Balaban J connectivity index is 1.19. The van der Waals surface area contributed by atoms with E-state index < -0.39 is 0 Å². The topological polar surface area (TPSA) is 96.2 Å². The number of hydrogen-bond donors (Lipinski definition) is 3. The predicted molar refractivity (Wildman–Crippen MR) is 128 cm³/mol. The van der Waals surface area contributed by atoms with Gasteiger partial charge >= 0.3 is 0 Å². The van der Waals surface area contributed by atoms with Crippen molar-refractivity contribution in [2.75, 3.05) is 30.3 Å². The molecule has 2 aliphatic heterocycles. The highest BCUT2D eigenvalue weighted by atomic mass is 32.1. The van der Waals surface area contributed by atoms with Crippen LogP contribution in [0.15, 0.2) is 18.2 Å². The molecule has 0 bridgehead atoms. The Morgan fingerprint density at radius 1 is 1.30 bits per heavy atom. The number of pyridine rings is 2. The maximum Gasteiger partial charge on any atom is 0.263 e. The molecule has 3 aromatic heterocycles. The number of fused-ring (bicyclic) bond motifs is 3. The number of nitrogens with one attached hydrogen (secondary N) is 2. The molecule has 3 unspecified atom stereocenters. The Morgan fingerprint density at radius 3 is 3.06 bits per heavy atom. The summed E-state index contributed by atoms with van der Waals surface area (Å²) in [6, 6.07) is 5.70. The van der Waals surface area contributed by atoms with Crippen molar-refractivity contribution in [1.82, 2.24) is 20.6 Å². The van der Waals surface area contributed by atoms with Gasteiger partial charge in [0.2, 0.25) is 0 Å². The number of thiophene rings is 1. The summed E-state index contributed by atoms with van der Waals surface area (Å²) >= 11 is 1.32. The number of nitrogen functional groups attached to an aromatic ring is 1. The van der Waals surface area contributed by atoms with Crippen LogP contribution in [-0.2, 0) is 12.8 Å². The van der Waals surface area contributed by atoms with Crippen molar-refractivity contribution in [3.05, 3.63) is 45.8 Å². The van der Waals surface area contributed by atoms with Gasteiger partial charge < -0.3 is 21.3 Å². The summed E-state index contributed by atoms with van der Waals surface area (Å²) in [4.78, 5) is 25.6. The van der Waals surface area contributed by atoms with Gasteiger partial charge in [-0.25, -0.2) is 14.4 Å². The number of carbonyl (C=O) groups is 1. The molecule has 1 aliphatic carbocycles. The van der Waals surface area contributed by atoms with E-state index in [-0.39, 0.29) is 17.8 Å². The summed E-state index contributed by atoms with van der Waals surface area (Å²) in [7, 11) is 0. The van der Waals surface area contributed by atoms with Crippen LogP contribution in [0.4, 0.5) is 15.9 Å². The molecule has 3 aromatic rings. The van der Waals surface area contributed by atoms with Gasteiger partial charge in [0.25, 0.3) is 5.91 Å². The second kappa shape index (κ2) is 7.92. The molecule has 33 heavy (non-hydrogen) atoms. The Morgan fingerprint density at radius 2 is 2.18 bits per heavy atom. The van der Waals surface area contributed by atoms with E-state index in [4.69, 9.17) is 10.7 Å². The van der Waals surface area contributed by atoms with Crippen LogP contribution in [0, 0.1) is 18.7 Å². The molecule has 2 saturated heterocycles. The van der Waals surface area contributed by atoms with Crippen LogP contribution in [0.5, 0.6) is 0 Å². The highest BCUT2D eigenvalue weighted by molar-refractivity contribution is 7.21. The first-order valence-corrected chi connectivity index (χ1v) is 12.4. The van der Waals surface area contributed by atoms with Crippen molar-refractivity contribution in [1.29, 1.82) is 0 Å². The minimum Gasteiger partial charge on any atom is -0.397 e. The van der Waals surface area contributed by atoms with Gasteiger partial charge in [-0.15, -0.1) is 11.3 Å². The molecule has 9 heteroatoms. The van der Waals surface area contributed by atoms with Gasteiger partial charge in [0.05, 0.1) is 5.69 Å². The second-order valence-corrected chi connectivity index (χ2v) is 10.4. The minimum absolute atomic E-state index is 0.0773. The number of nitrogens with two attached hydrogens (primary N) is 1. The maximum atomic E-state index is 15.1. The third kappa shape index (κ3) is 3.54. The Kier molecular flexibility index (Phi) is 4.99. The van der Waals surface area contributed by atoms with Gasteiger partial charge in [0.1, 0.15) is 9.71 Å². The third-order valence-corrected chi connectivity index (χ3v) is 8.43. The molecule has 7 nitrogen and oxygen atoms in total. The molecule has 0 spiro atoms. The SMILES string of the molecule is Cc1ccc2c(N)c(C(=O)NC3CCc4nc(N5CCC6CNCC65)c(F)cc4C3)sc2n1. The van der Waals surface area contributed by atoms with Crippen LogP contribution < -0.4 is 21.3 Å². The number of nitrogens with zero attached hydrogens (tertiary/aromatic N) is 3. The summed E-state index contributed by atoms with van der Waals surface area (Å²) < 4.78 is 15.1. The lowest BCUT2D eigenvalue weighted by Gasteiger charge is -2.29. The zero-order chi connectivity index (χ0) is 22.7. The summed E-state index contributed by atoms with van der Waals surface area (Å²) in [5.41, 5.74) is 9.44. The first kappa shape index (κ1) is 20.8. The van der Waals surface area contributed by atoms with Gasteiger partial charge in [-0.1, -0.05) is 0 Å². The normalized spacial score (nSPS) is 24.2. The number of amides is 1. The van der Waals surface area contributed by atoms with Crippen molar-refractivity contribution in [3.63, 3.8) is 0 Å². The molecule has 5 heterocycles. The first-order chi connectivity index (χ1) is 16.0. The van der Waals surface area contributed by atoms with Crippen LogP contribution in [0.2, 0.25) is 0 Å². The Bertz CT molecular complexity index is 1260. The fourth-order valence-electron chi connectivity index (χ4n) is 5.57. The quantitative estimate of drug-likeness (QED) is 0.549. The number of aromatic nitrogens is 2. The number of aryl methyl sites for hydroxylation is 2. The highest BCUT2D eigenvalue weighted by Gasteiger charge is 2.39. The smallest absolute Gasteiger partial charge is 0.263 e. The van der Waals surface area contributed by atoms with Crippen LogP contribution in [0.3, 0.4) is 0 Å². The number of anilines is 2. The Labute approximate surface area is 195 Å². The fourth-order valence-corrected chi connectivity index (χ4v) is 6.61. The van der Waals surface area contributed by atoms with E-state index in [9.17, 15) is 4.79 Å². The van der Waals surface area contributed by atoms with E-state index in [1.807, 2.05) is 19.1 Å². The molecular weight excluding hydrogens is 439 g/mol. The number of carbonyl (C=O) groups excluding carboxylic acids is 1. The molecule has 4 N–H and O–H groups in total. The van der Waals surface area contributed by atoms with Gasteiger partial charge in [0, 0.05) is 48.5 Å². The highest BCUT2D eigenvalue weighted by Crippen LogP contribution is 2.35. The van der Waals surface area contributed by atoms with Crippen molar-refractivity contribution in [2.45, 2.75) is 44.7 Å². The molecule has 0 saturated carbocycles. The molecular formula is C24H27FN6OS. The van der Waals surface area contributed by atoms with Crippen molar-refractivity contribution in [3.8, 4) is 0 Å². The summed E-state index contributed by atoms with van der Waals surface area (Å²) in [5, 5.41) is 7.33. The molecule has 2 fully saturated rings. The van der Waals surface area contributed by atoms with Gasteiger partial charge in [-0.05, 0) is 62.3 Å². The number of halogens is 1. The van der Waals surface area contributed by atoms with Crippen LogP contribution in [-0.4, -0.2) is 47.6 Å². The second-order valence-electron chi connectivity index (χ2n) is 9.43. The average Bonchev–Trinajstić information content (AvgIpc) is 3.48. The average molecular weight is 467 g/mol. The van der Waals surface area contributed by atoms with E-state index in [2.05, 4.69) is 20.5 Å². The van der Waals surface area contributed by atoms with Crippen LogP contribution >= 0.6 is 11.3 Å². The van der Waals surface area contributed by atoms with E-state index >= 15 is 4.39 Å². The molecule has 172 valence electrons. The van der Waals surface area contributed by atoms with Gasteiger partial charge in [-0.2, -0.15) is 0 Å². The summed E-state index contributed by atoms with van der Waals surface area (Å²) in [6.45, 7) is 4.69. The van der Waals surface area contributed by atoms with E-state index in [1.54, 1.807) is 6.07 Å². The zero-order valence-electron chi connectivity index (χ0n) is 18.5. The summed E-state index contributed by atoms with van der Waals surface area (Å²) in [5.74, 6) is 0.627. The van der Waals surface area contributed by atoms with E-state index in [1.165, 1.54) is 11.3 Å². The molecule has 0 radical (unpaired) electrons. The van der Waals surface area contributed by atoms with Gasteiger partial charge in [0.15, 0.2) is 11.6 Å². The van der Waals surface area contributed by atoms with Crippen LogP contribution in [0.1, 0.15) is 39.5 Å². The predicted octanol–water partition coefficient (Wildman–Crippen LogP) is 2.81. The maximum absolute atomic E-state index is 15.1. The molecule has 0 aromatic carbocycles. The number of rotatable bonds is 3. The third-order valence-electron chi connectivity index (χ3n) is 7.31. The summed E-state index contributed by atoms with van der Waals surface area (Å²) in [6.07, 6.45) is 3.14. The number of hydrogen-bond acceptors (Lipinski definition) is 7. The first-order valence-electron chi connectivity index (χ1n) is 11.6. The van der Waals surface area contributed by atoms with E-state index in [0.29, 0.717) is 34.8 Å². The molecule has 6 rings (SSSR count). The van der Waals surface area contributed by atoms with Crippen molar-refractivity contribution < 1.29 is 9.18 Å². The lowest BCUT2D eigenvalue weighted by molar-refractivity contribution is 0.0938. The Hall–Kier alpha value is -2.78. The monoisotopic (exact) mass is 466 g/mol. The molecule has 3 aliphatic rings. The zero-order valence-corrected chi connectivity index (χ0v) is 19.3. The fraction of sp³-hybridized carbons (Fsp3) is 0.458. The standard InChI is InChI=1S/C24H27FN6OS/c1-12-2-4-16-20(26)21(33-24(16)28-12)23(32)29-15-3-5-18-14(8-15)9-17(25)22(30-18)31-7-6-13-10-27-11-19(13)31/h2,4,9,13,15,19,27H,3,5-8,10-11,26H2,1H3,(H,29,32).